The first-order chi connectivity index (χ1) is 5.58. The molecule has 0 saturated heterocycles. The number of nitrogens with one attached hydrogen (secondary N) is 1. The van der Waals surface area contributed by atoms with E-state index >= 15 is 0 Å². The van der Waals surface area contributed by atoms with Crippen LogP contribution in [0.3, 0.4) is 0 Å². The molecule has 1 atom stereocenters. The maximum atomic E-state index is 10.9. The molecule has 12 heavy (non-hydrogen) atoms. The van der Waals surface area contributed by atoms with Crippen LogP contribution in [-0.4, -0.2) is 30.0 Å². The van der Waals surface area contributed by atoms with Crippen LogP contribution in [0.4, 0.5) is 4.79 Å². The van der Waals surface area contributed by atoms with E-state index in [0.717, 1.165) is 0 Å². The monoisotopic (exact) mass is 175 g/mol. The number of amides is 1. The third kappa shape index (κ3) is 3.57. The van der Waals surface area contributed by atoms with Gasteiger partial charge in [0.05, 0.1) is 18.8 Å². The molecule has 0 aromatic carbocycles. The van der Waals surface area contributed by atoms with Crippen molar-refractivity contribution in [2.75, 3.05) is 13.2 Å². The molecule has 0 bridgehead atoms. The first kappa shape index (κ1) is 11.2. The average Bonchev–Trinajstić information content (AvgIpc) is 2.05. The van der Waals surface area contributed by atoms with Gasteiger partial charge >= 0.3 is 6.09 Å². The van der Waals surface area contributed by atoms with E-state index in [1.54, 1.807) is 13.8 Å². The number of hydrogen-bond donors (Lipinski definition) is 2. The van der Waals surface area contributed by atoms with Crippen molar-refractivity contribution in [3.63, 3.8) is 0 Å². The van der Waals surface area contributed by atoms with Crippen LogP contribution in [0.5, 0.6) is 0 Å². The quantitative estimate of drug-likeness (QED) is 0.667. The fourth-order valence-corrected chi connectivity index (χ4v) is 0.653. The Hall–Kier alpha value is -0.770. The lowest BCUT2D eigenvalue weighted by Crippen LogP contribution is -2.48. The van der Waals surface area contributed by atoms with Crippen LogP contribution < -0.4 is 5.32 Å². The molecule has 0 aromatic heterocycles. The lowest BCUT2D eigenvalue weighted by Gasteiger charge is -2.26. The zero-order valence-corrected chi connectivity index (χ0v) is 7.89. The summed E-state index contributed by atoms with van der Waals surface area (Å²) in [5, 5.41) is 11.5. The Labute approximate surface area is 72.9 Å². The highest BCUT2D eigenvalue weighted by molar-refractivity contribution is 5.68. The van der Waals surface area contributed by atoms with Gasteiger partial charge in [0.15, 0.2) is 0 Å². The first-order valence-electron chi connectivity index (χ1n) is 4.13. The SMILES string of the molecule is CCOC(=O)NC(C)(CC)CO. The van der Waals surface area contributed by atoms with Gasteiger partial charge < -0.3 is 15.2 Å². The molecule has 0 rings (SSSR count). The Morgan fingerprint density at radius 3 is 2.50 bits per heavy atom. The minimum Gasteiger partial charge on any atom is -0.450 e. The van der Waals surface area contributed by atoms with E-state index in [9.17, 15) is 4.79 Å². The molecule has 0 heterocycles. The molecular formula is C8H17NO3. The molecule has 0 aliphatic heterocycles. The minimum atomic E-state index is -0.563. The van der Waals surface area contributed by atoms with Gasteiger partial charge in [0.1, 0.15) is 0 Å². The summed E-state index contributed by atoms with van der Waals surface area (Å²) in [5.74, 6) is 0. The molecule has 0 aliphatic rings. The summed E-state index contributed by atoms with van der Waals surface area (Å²) in [6.07, 6.45) is 0.193. The number of carbonyl (C=O) groups is 1. The Balaban J connectivity index is 3.93. The van der Waals surface area contributed by atoms with Gasteiger partial charge in [-0.15, -0.1) is 0 Å². The van der Waals surface area contributed by atoms with E-state index in [-0.39, 0.29) is 6.61 Å². The molecule has 0 fully saturated rings. The second-order valence-electron chi connectivity index (χ2n) is 2.92. The highest BCUT2D eigenvalue weighted by Gasteiger charge is 2.23. The van der Waals surface area contributed by atoms with Crippen LogP contribution in [0, 0.1) is 0 Å². The van der Waals surface area contributed by atoms with E-state index in [1.807, 2.05) is 6.92 Å². The van der Waals surface area contributed by atoms with Gasteiger partial charge in [-0.25, -0.2) is 4.79 Å². The molecule has 4 heteroatoms. The third-order valence-corrected chi connectivity index (χ3v) is 1.81. The molecule has 0 radical (unpaired) electrons. The number of ether oxygens (including phenoxy) is 1. The predicted molar refractivity (Wildman–Crippen MR) is 45.9 cm³/mol. The second-order valence-corrected chi connectivity index (χ2v) is 2.92. The number of aliphatic hydroxyl groups excluding tert-OH is 1. The van der Waals surface area contributed by atoms with Gasteiger partial charge in [0.2, 0.25) is 0 Å². The number of carbonyl (C=O) groups excluding carboxylic acids is 1. The smallest absolute Gasteiger partial charge is 0.407 e. The van der Waals surface area contributed by atoms with Crippen molar-refractivity contribution in [3.05, 3.63) is 0 Å². The van der Waals surface area contributed by atoms with Gasteiger partial charge in [0, 0.05) is 0 Å². The van der Waals surface area contributed by atoms with Crippen LogP contribution in [0.1, 0.15) is 27.2 Å². The van der Waals surface area contributed by atoms with Crippen LogP contribution in [0.2, 0.25) is 0 Å². The molecule has 72 valence electrons. The van der Waals surface area contributed by atoms with Crippen molar-refractivity contribution in [3.8, 4) is 0 Å². The number of rotatable bonds is 4. The summed E-state index contributed by atoms with van der Waals surface area (Å²) in [6, 6.07) is 0. The maximum absolute atomic E-state index is 10.9. The largest absolute Gasteiger partial charge is 0.450 e. The maximum Gasteiger partial charge on any atom is 0.407 e. The summed E-state index contributed by atoms with van der Waals surface area (Å²) in [6.45, 7) is 5.66. The number of aliphatic hydroxyl groups is 1. The zero-order valence-electron chi connectivity index (χ0n) is 7.89. The van der Waals surface area contributed by atoms with Crippen molar-refractivity contribution in [2.45, 2.75) is 32.7 Å². The van der Waals surface area contributed by atoms with Crippen molar-refractivity contribution in [1.29, 1.82) is 0 Å². The molecule has 0 aliphatic carbocycles. The number of hydrogen-bond acceptors (Lipinski definition) is 3. The van der Waals surface area contributed by atoms with Crippen molar-refractivity contribution in [1.82, 2.24) is 5.32 Å². The van der Waals surface area contributed by atoms with Crippen LogP contribution in [0.15, 0.2) is 0 Å². The van der Waals surface area contributed by atoms with E-state index in [2.05, 4.69) is 10.1 Å². The Morgan fingerprint density at radius 2 is 2.17 bits per heavy atom. The minimum absolute atomic E-state index is 0.0810. The van der Waals surface area contributed by atoms with E-state index < -0.39 is 11.6 Å². The zero-order chi connectivity index (χ0) is 9.61. The van der Waals surface area contributed by atoms with E-state index in [0.29, 0.717) is 13.0 Å². The summed E-state index contributed by atoms with van der Waals surface area (Å²) in [5.41, 5.74) is -0.563. The Morgan fingerprint density at radius 1 is 1.58 bits per heavy atom. The van der Waals surface area contributed by atoms with Crippen LogP contribution >= 0.6 is 0 Å². The molecule has 0 saturated carbocycles. The van der Waals surface area contributed by atoms with Gasteiger partial charge in [-0.1, -0.05) is 6.92 Å². The standard InChI is InChI=1S/C8H17NO3/c1-4-8(3,6-10)9-7(11)12-5-2/h10H,4-6H2,1-3H3,(H,9,11). The Bertz CT molecular complexity index is 143. The lowest BCUT2D eigenvalue weighted by atomic mass is 10.0. The molecule has 2 N–H and O–H groups in total. The van der Waals surface area contributed by atoms with Crippen molar-refractivity contribution >= 4 is 6.09 Å². The van der Waals surface area contributed by atoms with Crippen molar-refractivity contribution < 1.29 is 14.6 Å². The number of alkyl carbamates (subject to hydrolysis) is 1. The fourth-order valence-electron chi connectivity index (χ4n) is 0.653. The molecule has 0 aromatic rings. The predicted octanol–water partition coefficient (Wildman–Crippen LogP) is 0.893. The summed E-state index contributed by atoms with van der Waals surface area (Å²) in [7, 11) is 0. The summed E-state index contributed by atoms with van der Waals surface area (Å²) in [4.78, 5) is 10.9. The van der Waals surface area contributed by atoms with Crippen molar-refractivity contribution in [2.24, 2.45) is 0 Å². The van der Waals surface area contributed by atoms with Gasteiger partial charge in [-0.3, -0.25) is 0 Å². The third-order valence-electron chi connectivity index (χ3n) is 1.81. The van der Waals surface area contributed by atoms with Crippen LogP contribution in [-0.2, 0) is 4.74 Å². The summed E-state index contributed by atoms with van der Waals surface area (Å²) < 4.78 is 4.68. The van der Waals surface area contributed by atoms with E-state index in [4.69, 9.17) is 5.11 Å². The molecule has 1 amide bonds. The highest BCUT2D eigenvalue weighted by atomic mass is 16.5. The normalized spacial score (nSPS) is 15.0. The fraction of sp³-hybridized carbons (Fsp3) is 0.875. The van der Waals surface area contributed by atoms with E-state index in [1.165, 1.54) is 0 Å². The van der Waals surface area contributed by atoms with Crippen LogP contribution in [0.25, 0.3) is 0 Å². The highest BCUT2D eigenvalue weighted by Crippen LogP contribution is 2.07. The van der Waals surface area contributed by atoms with Gasteiger partial charge in [-0.2, -0.15) is 0 Å². The van der Waals surface area contributed by atoms with Gasteiger partial charge in [0.25, 0.3) is 0 Å². The second kappa shape index (κ2) is 4.98. The molecular weight excluding hydrogens is 158 g/mol. The van der Waals surface area contributed by atoms with Gasteiger partial charge in [-0.05, 0) is 20.3 Å². The molecule has 1 unspecified atom stereocenters. The lowest BCUT2D eigenvalue weighted by molar-refractivity contribution is 0.119. The molecule has 0 spiro atoms. The average molecular weight is 175 g/mol. The molecule has 4 nitrogen and oxygen atoms in total. The topological polar surface area (TPSA) is 58.6 Å². The summed E-state index contributed by atoms with van der Waals surface area (Å²) >= 11 is 0. The first-order valence-corrected chi connectivity index (χ1v) is 4.13. The Kier molecular flexibility index (Phi) is 4.66.